The van der Waals surface area contributed by atoms with Crippen LogP contribution in [0.15, 0.2) is 76.5 Å². The van der Waals surface area contributed by atoms with Crippen LogP contribution in [0.1, 0.15) is 60.3 Å². The van der Waals surface area contributed by atoms with E-state index < -0.39 is 9.84 Å². The van der Waals surface area contributed by atoms with Crippen LogP contribution in [0.3, 0.4) is 0 Å². The maximum absolute atomic E-state index is 14.4. The number of ether oxygens (including phenoxy) is 2. The zero-order chi connectivity index (χ0) is 24.6. The number of hydrogen-bond donors (Lipinski definition) is 0. The van der Waals surface area contributed by atoms with E-state index in [1.807, 2.05) is 61.5 Å². The molecule has 1 saturated carbocycles. The number of hydrogen-bond acceptors (Lipinski definition) is 4. The second-order valence-corrected chi connectivity index (χ2v) is 11.5. The molecule has 182 valence electrons. The van der Waals surface area contributed by atoms with Crippen molar-refractivity contribution in [2.45, 2.75) is 49.8 Å². The summed E-state index contributed by atoms with van der Waals surface area (Å²) >= 11 is 0. The normalized spacial score (nSPS) is 18.4. The van der Waals surface area contributed by atoms with Gasteiger partial charge >= 0.3 is 0 Å². The van der Waals surface area contributed by atoms with Crippen molar-refractivity contribution < 1.29 is 17.9 Å². The minimum absolute atomic E-state index is 0.216. The average Bonchev–Trinajstić information content (AvgIpc) is 3.24. The van der Waals surface area contributed by atoms with Crippen LogP contribution in [0, 0.1) is 12.8 Å². The third kappa shape index (κ3) is 4.16. The summed E-state index contributed by atoms with van der Waals surface area (Å²) in [6, 6.07) is 21.1. The van der Waals surface area contributed by atoms with E-state index in [1.165, 1.54) is 6.42 Å². The average molecular weight is 489 g/mol. The van der Waals surface area contributed by atoms with Crippen molar-refractivity contribution in [1.82, 2.24) is 0 Å². The lowest BCUT2D eigenvalue weighted by Crippen LogP contribution is -2.21. The van der Waals surface area contributed by atoms with E-state index in [0.717, 1.165) is 53.5 Å². The lowest BCUT2D eigenvalue weighted by Gasteiger charge is -2.30. The maximum atomic E-state index is 14.4. The second kappa shape index (κ2) is 9.54. The van der Waals surface area contributed by atoms with E-state index in [-0.39, 0.29) is 11.8 Å². The van der Waals surface area contributed by atoms with Gasteiger partial charge in [0.15, 0.2) is 11.5 Å². The molecule has 3 aromatic carbocycles. The lowest BCUT2D eigenvalue weighted by molar-refractivity contribution is 0.328. The number of benzene rings is 3. The van der Waals surface area contributed by atoms with Crippen molar-refractivity contribution in [3.8, 4) is 11.5 Å². The third-order valence-corrected chi connectivity index (χ3v) is 9.42. The molecule has 0 aliphatic heterocycles. The highest BCUT2D eigenvalue weighted by Gasteiger charge is 2.44. The largest absolute Gasteiger partial charge is 0.493 e. The topological polar surface area (TPSA) is 52.6 Å². The molecule has 0 aromatic heterocycles. The van der Waals surface area contributed by atoms with Crippen molar-refractivity contribution >= 4 is 15.4 Å². The molecule has 35 heavy (non-hydrogen) atoms. The van der Waals surface area contributed by atoms with Gasteiger partial charge in [-0.15, -0.1) is 0 Å². The number of sulfone groups is 1. The molecule has 0 unspecified atom stereocenters. The molecular formula is C30H32O4S. The Morgan fingerprint density at radius 1 is 0.800 bits per heavy atom. The fourth-order valence-electron chi connectivity index (χ4n) is 5.78. The summed E-state index contributed by atoms with van der Waals surface area (Å²) in [7, 11) is -0.512. The van der Waals surface area contributed by atoms with Gasteiger partial charge in [-0.2, -0.15) is 0 Å². The van der Waals surface area contributed by atoms with Gasteiger partial charge in [-0.25, -0.2) is 8.42 Å². The molecule has 5 heteroatoms. The monoisotopic (exact) mass is 488 g/mol. The molecule has 5 rings (SSSR count). The Morgan fingerprint density at radius 2 is 1.43 bits per heavy atom. The molecule has 0 bridgehead atoms. The van der Waals surface area contributed by atoms with Gasteiger partial charge in [0.1, 0.15) is 0 Å². The molecule has 0 radical (unpaired) electrons. The SMILES string of the molecule is COc1cc2c(cc1OC)[C@@H](C1CCCCC1)C(S(=O)(=O)c1ccc(C)cc1)=C2c1ccccc1. The molecule has 0 heterocycles. The van der Waals surface area contributed by atoms with Crippen molar-refractivity contribution in [2.75, 3.05) is 14.2 Å². The minimum atomic E-state index is -3.76. The van der Waals surface area contributed by atoms with Crippen molar-refractivity contribution in [3.63, 3.8) is 0 Å². The van der Waals surface area contributed by atoms with Crippen LogP contribution in [-0.4, -0.2) is 22.6 Å². The summed E-state index contributed by atoms with van der Waals surface area (Å²) in [4.78, 5) is 0.865. The van der Waals surface area contributed by atoms with Gasteiger partial charge < -0.3 is 9.47 Å². The summed E-state index contributed by atoms with van der Waals surface area (Å²) in [5.74, 6) is 1.29. The van der Waals surface area contributed by atoms with Gasteiger partial charge in [0, 0.05) is 11.5 Å². The Morgan fingerprint density at radius 3 is 2.06 bits per heavy atom. The highest BCUT2D eigenvalue weighted by Crippen LogP contribution is 2.56. The van der Waals surface area contributed by atoms with Crippen LogP contribution in [0.4, 0.5) is 0 Å². The van der Waals surface area contributed by atoms with E-state index in [4.69, 9.17) is 9.47 Å². The van der Waals surface area contributed by atoms with Gasteiger partial charge in [-0.1, -0.05) is 67.3 Å². The van der Waals surface area contributed by atoms with E-state index in [2.05, 4.69) is 0 Å². The minimum Gasteiger partial charge on any atom is -0.493 e. The fraction of sp³-hybridized carbons (Fsp3) is 0.333. The van der Waals surface area contributed by atoms with Crippen LogP contribution in [0.5, 0.6) is 11.5 Å². The number of allylic oxidation sites excluding steroid dienone is 1. The smallest absolute Gasteiger partial charge is 0.204 e. The Hall–Kier alpha value is -3.05. The Labute approximate surface area is 208 Å². The highest BCUT2D eigenvalue weighted by atomic mass is 32.2. The molecule has 2 aliphatic carbocycles. The first-order chi connectivity index (χ1) is 17.0. The number of fused-ring (bicyclic) bond motifs is 1. The number of methoxy groups -OCH3 is 2. The van der Waals surface area contributed by atoms with Gasteiger partial charge in [0.2, 0.25) is 9.84 Å². The van der Waals surface area contributed by atoms with Crippen LogP contribution in [0.25, 0.3) is 5.57 Å². The van der Waals surface area contributed by atoms with E-state index >= 15 is 0 Å². The first-order valence-corrected chi connectivity index (χ1v) is 13.8. The van der Waals surface area contributed by atoms with Crippen molar-refractivity contribution in [1.29, 1.82) is 0 Å². The van der Waals surface area contributed by atoms with Crippen LogP contribution >= 0.6 is 0 Å². The summed E-state index contributed by atoms with van der Waals surface area (Å²) in [5.41, 5.74) is 4.69. The zero-order valence-electron chi connectivity index (χ0n) is 20.6. The van der Waals surface area contributed by atoms with Gasteiger partial charge in [-0.05, 0) is 66.6 Å². The first kappa shape index (κ1) is 23.7. The molecule has 1 atom stereocenters. The van der Waals surface area contributed by atoms with Crippen LogP contribution < -0.4 is 9.47 Å². The lowest BCUT2D eigenvalue weighted by atomic mass is 9.77. The molecule has 4 nitrogen and oxygen atoms in total. The Bertz CT molecular complexity index is 1350. The Kier molecular flexibility index (Phi) is 6.45. The zero-order valence-corrected chi connectivity index (χ0v) is 21.4. The number of aryl methyl sites for hydroxylation is 1. The van der Waals surface area contributed by atoms with Crippen LogP contribution in [0.2, 0.25) is 0 Å². The quantitative estimate of drug-likeness (QED) is 0.378. The first-order valence-electron chi connectivity index (χ1n) is 12.3. The van der Waals surface area contributed by atoms with Gasteiger partial charge in [0.05, 0.1) is 24.0 Å². The summed E-state index contributed by atoms with van der Waals surface area (Å²) in [6.45, 7) is 1.97. The summed E-state index contributed by atoms with van der Waals surface area (Å²) < 4.78 is 40.2. The molecule has 1 fully saturated rings. The van der Waals surface area contributed by atoms with Crippen LogP contribution in [-0.2, 0) is 9.84 Å². The standard InChI is InChI=1S/C30H32O4S/c1-20-14-16-23(17-15-20)35(31,32)30-28(21-10-6-4-7-11-21)24-18-26(33-2)27(34-3)19-25(24)29(30)22-12-8-5-9-13-22/h4,6-7,10-11,14-19,22,29H,5,8-9,12-13H2,1-3H3/t29-/m1/s1. The van der Waals surface area contributed by atoms with E-state index in [0.29, 0.717) is 21.3 Å². The molecule has 0 spiro atoms. The fourth-order valence-corrected chi connectivity index (χ4v) is 7.68. The van der Waals surface area contributed by atoms with Crippen molar-refractivity contribution in [2.24, 2.45) is 5.92 Å². The molecule has 0 amide bonds. The molecular weight excluding hydrogens is 456 g/mol. The third-order valence-electron chi connectivity index (χ3n) is 7.49. The summed E-state index contributed by atoms with van der Waals surface area (Å²) in [6.07, 6.45) is 5.50. The second-order valence-electron chi connectivity index (χ2n) is 9.59. The molecule has 3 aromatic rings. The Balaban J connectivity index is 1.84. The molecule has 0 saturated heterocycles. The maximum Gasteiger partial charge on any atom is 0.204 e. The number of rotatable bonds is 6. The molecule has 0 N–H and O–H groups in total. The van der Waals surface area contributed by atoms with E-state index in [9.17, 15) is 8.42 Å². The summed E-state index contributed by atoms with van der Waals surface area (Å²) in [5, 5.41) is 0. The predicted octanol–water partition coefficient (Wildman–Crippen LogP) is 6.92. The molecule has 2 aliphatic rings. The predicted molar refractivity (Wildman–Crippen MR) is 140 cm³/mol. The van der Waals surface area contributed by atoms with Gasteiger partial charge in [0.25, 0.3) is 0 Å². The van der Waals surface area contributed by atoms with Crippen molar-refractivity contribution in [3.05, 3.63) is 93.9 Å². The van der Waals surface area contributed by atoms with E-state index in [1.54, 1.807) is 26.4 Å². The highest BCUT2D eigenvalue weighted by molar-refractivity contribution is 7.95. The van der Waals surface area contributed by atoms with Gasteiger partial charge in [-0.3, -0.25) is 0 Å².